The number of hydrogen-bond donors (Lipinski definition) is 2. The second-order valence-electron chi connectivity index (χ2n) is 4.09. The van der Waals surface area contributed by atoms with E-state index >= 15 is 0 Å². The highest BCUT2D eigenvalue weighted by molar-refractivity contribution is 7.98. The molecule has 20 heavy (non-hydrogen) atoms. The van der Waals surface area contributed by atoms with Gasteiger partial charge in [-0.3, -0.25) is 10.1 Å². The van der Waals surface area contributed by atoms with Crippen molar-refractivity contribution >= 4 is 43.8 Å². The van der Waals surface area contributed by atoms with Crippen LogP contribution in [0.1, 0.15) is 13.3 Å². The lowest BCUT2D eigenvalue weighted by molar-refractivity contribution is -0.383. The number of sulfonamides is 1. The van der Waals surface area contributed by atoms with Crippen molar-refractivity contribution in [2.24, 2.45) is 0 Å². The number of nitro groups is 1. The van der Waals surface area contributed by atoms with Gasteiger partial charge in [-0.15, -0.1) is 0 Å². The highest BCUT2D eigenvalue weighted by atomic mass is 32.2. The molecular weight excluding hydrogens is 322 g/mol. The Balaban J connectivity index is 2.95. The van der Waals surface area contributed by atoms with Crippen LogP contribution < -0.4 is 10.0 Å². The van der Waals surface area contributed by atoms with Crippen molar-refractivity contribution in [3.05, 3.63) is 16.2 Å². The number of thiophene rings is 1. The van der Waals surface area contributed by atoms with Gasteiger partial charge >= 0.3 is 5.69 Å². The number of thioether (sulfide) groups is 1. The maximum Gasteiger partial charge on any atom is 0.304 e. The molecule has 10 heteroatoms. The molecule has 0 aliphatic rings. The molecule has 1 atom stereocenters. The Hall–Kier alpha value is -0.840. The fraction of sp³-hybridized carbons (Fsp3) is 0.600. The average molecular weight is 339 g/mol. The zero-order valence-electron chi connectivity index (χ0n) is 11.4. The minimum absolute atomic E-state index is 0.0513. The van der Waals surface area contributed by atoms with Gasteiger partial charge in [-0.05, 0) is 25.4 Å². The van der Waals surface area contributed by atoms with E-state index in [0.29, 0.717) is 6.42 Å². The molecule has 7 nitrogen and oxygen atoms in total. The van der Waals surface area contributed by atoms with Crippen LogP contribution in [0.25, 0.3) is 0 Å². The van der Waals surface area contributed by atoms with Crippen LogP contribution in [-0.4, -0.2) is 38.4 Å². The summed E-state index contributed by atoms with van der Waals surface area (Å²) in [5, 5.41) is 13.7. The first kappa shape index (κ1) is 17.2. The molecule has 0 bridgehead atoms. The van der Waals surface area contributed by atoms with Crippen molar-refractivity contribution in [2.75, 3.05) is 24.4 Å². The molecule has 0 saturated carbocycles. The SMILES string of the molecule is CNc1sc(S(=O)(=O)NC(C)CCSC)cc1[N+](=O)[O-]. The zero-order chi connectivity index (χ0) is 15.3. The summed E-state index contributed by atoms with van der Waals surface area (Å²) in [6, 6.07) is 0.867. The molecule has 0 aliphatic carbocycles. The van der Waals surface area contributed by atoms with Gasteiger partial charge in [0, 0.05) is 19.2 Å². The zero-order valence-corrected chi connectivity index (χ0v) is 13.8. The molecule has 0 spiro atoms. The molecule has 2 N–H and O–H groups in total. The minimum atomic E-state index is -3.72. The topological polar surface area (TPSA) is 101 Å². The van der Waals surface area contributed by atoms with E-state index in [0.717, 1.165) is 23.2 Å². The summed E-state index contributed by atoms with van der Waals surface area (Å²) in [5.41, 5.74) is -0.227. The molecule has 0 amide bonds. The van der Waals surface area contributed by atoms with E-state index in [2.05, 4.69) is 10.0 Å². The van der Waals surface area contributed by atoms with Crippen LogP contribution in [0.4, 0.5) is 10.7 Å². The van der Waals surface area contributed by atoms with E-state index < -0.39 is 14.9 Å². The molecule has 1 heterocycles. The van der Waals surface area contributed by atoms with Gasteiger partial charge in [0.15, 0.2) is 5.00 Å². The molecule has 0 saturated heterocycles. The van der Waals surface area contributed by atoms with Gasteiger partial charge in [-0.2, -0.15) is 11.8 Å². The van der Waals surface area contributed by atoms with Crippen LogP contribution in [-0.2, 0) is 10.0 Å². The lowest BCUT2D eigenvalue weighted by Gasteiger charge is -2.12. The smallest absolute Gasteiger partial charge is 0.304 e. The maximum absolute atomic E-state index is 12.2. The monoisotopic (exact) mass is 339 g/mol. The van der Waals surface area contributed by atoms with Crippen molar-refractivity contribution in [3.8, 4) is 0 Å². The van der Waals surface area contributed by atoms with Crippen molar-refractivity contribution in [1.29, 1.82) is 0 Å². The lowest BCUT2D eigenvalue weighted by atomic mass is 10.3. The van der Waals surface area contributed by atoms with Crippen LogP contribution in [0.2, 0.25) is 0 Å². The van der Waals surface area contributed by atoms with Gasteiger partial charge in [0.05, 0.1) is 4.92 Å². The third-order valence-corrected chi connectivity index (χ3v) is 6.34. The normalized spacial score (nSPS) is 13.2. The third-order valence-electron chi connectivity index (χ3n) is 2.49. The fourth-order valence-corrected chi connectivity index (χ4v) is 4.65. The maximum atomic E-state index is 12.2. The average Bonchev–Trinajstić information content (AvgIpc) is 2.80. The predicted molar refractivity (Wildman–Crippen MR) is 83.3 cm³/mol. The Morgan fingerprint density at radius 1 is 1.55 bits per heavy atom. The highest BCUT2D eigenvalue weighted by Crippen LogP contribution is 2.36. The van der Waals surface area contributed by atoms with E-state index in [-0.39, 0.29) is 20.9 Å². The van der Waals surface area contributed by atoms with Crippen molar-refractivity contribution in [1.82, 2.24) is 4.72 Å². The Kier molecular flexibility index (Phi) is 6.24. The highest BCUT2D eigenvalue weighted by Gasteiger charge is 2.26. The molecule has 1 aromatic heterocycles. The van der Waals surface area contributed by atoms with Gasteiger partial charge in [-0.1, -0.05) is 11.3 Å². The molecule has 0 radical (unpaired) electrons. The van der Waals surface area contributed by atoms with Crippen LogP contribution in [0.5, 0.6) is 0 Å². The van der Waals surface area contributed by atoms with Crippen molar-refractivity contribution in [2.45, 2.75) is 23.6 Å². The second kappa shape index (κ2) is 7.25. The van der Waals surface area contributed by atoms with Gasteiger partial charge < -0.3 is 5.32 Å². The second-order valence-corrected chi connectivity index (χ2v) is 8.07. The Bertz CT molecular complexity index is 570. The minimum Gasteiger partial charge on any atom is -0.374 e. The van der Waals surface area contributed by atoms with Crippen LogP contribution >= 0.6 is 23.1 Å². The molecule has 1 unspecified atom stereocenters. The summed E-state index contributed by atoms with van der Waals surface area (Å²) in [6.07, 6.45) is 2.65. The quantitative estimate of drug-likeness (QED) is 0.556. The molecule has 1 rings (SSSR count). The third kappa shape index (κ3) is 4.33. The Labute approximate surface area is 126 Å². The number of anilines is 1. The van der Waals surface area contributed by atoms with Gasteiger partial charge in [0.1, 0.15) is 4.21 Å². The Morgan fingerprint density at radius 3 is 2.65 bits per heavy atom. The molecule has 0 aromatic carbocycles. The predicted octanol–water partition coefficient (Wildman–Crippen LogP) is 2.12. The largest absolute Gasteiger partial charge is 0.374 e. The van der Waals surface area contributed by atoms with Gasteiger partial charge in [-0.25, -0.2) is 13.1 Å². The summed E-state index contributed by atoms with van der Waals surface area (Å²) in [4.78, 5) is 10.2. The molecule has 1 aromatic rings. The fourth-order valence-electron chi connectivity index (χ4n) is 1.48. The molecule has 0 aliphatic heterocycles. The number of nitrogens with one attached hydrogen (secondary N) is 2. The molecule has 114 valence electrons. The van der Waals surface area contributed by atoms with Crippen molar-refractivity contribution in [3.63, 3.8) is 0 Å². The lowest BCUT2D eigenvalue weighted by Crippen LogP contribution is -2.32. The van der Waals surface area contributed by atoms with E-state index in [9.17, 15) is 18.5 Å². The number of nitrogens with zero attached hydrogens (tertiary/aromatic N) is 1. The van der Waals surface area contributed by atoms with E-state index in [1.54, 1.807) is 18.7 Å². The summed E-state index contributed by atoms with van der Waals surface area (Å²) >= 11 is 2.49. The standard InChI is InChI=1S/C10H17N3O4S3/c1-7(4-5-18-3)12-20(16,17)9-6-8(13(14)15)10(11-2)19-9/h6-7,11-12H,4-5H2,1-3H3. The summed E-state index contributed by atoms with van der Waals surface area (Å²) in [5.74, 6) is 0.843. The first-order valence-corrected chi connectivity index (χ1v) is 9.48. The summed E-state index contributed by atoms with van der Waals surface area (Å²) in [7, 11) is -2.20. The molecule has 0 fully saturated rings. The van der Waals surface area contributed by atoms with Gasteiger partial charge in [0.25, 0.3) is 10.0 Å². The van der Waals surface area contributed by atoms with E-state index in [1.807, 2.05) is 6.26 Å². The van der Waals surface area contributed by atoms with Crippen molar-refractivity contribution < 1.29 is 13.3 Å². The number of hydrogen-bond acceptors (Lipinski definition) is 7. The Morgan fingerprint density at radius 2 is 2.20 bits per heavy atom. The number of rotatable bonds is 8. The summed E-state index contributed by atoms with van der Waals surface area (Å²) in [6.45, 7) is 1.77. The van der Waals surface area contributed by atoms with E-state index in [4.69, 9.17) is 0 Å². The van der Waals surface area contributed by atoms with Crippen LogP contribution in [0, 0.1) is 10.1 Å². The van der Waals surface area contributed by atoms with Crippen LogP contribution in [0.15, 0.2) is 10.3 Å². The van der Waals surface area contributed by atoms with Gasteiger partial charge in [0.2, 0.25) is 0 Å². The molecular formula is C10H17N3O4S3. The first-order chi connectivity index (χ1) is 9.31. The summed E-state index contributed by atoms with van der Waals surface area (Å²) < 4.78 is 26.8. The van der Waals surface area contributed by atoms with E-state index in [1.165, 1.54) is 7.05 Å². The van der Waals surface area contributed by atoms with Crippen LogP contribution in [0.3, 0.4) is 0 Å². The first-order valence-electron chi connectivity index (χ1n) is 5.79.